The molecule has 0 saturated heterocycles. The fourth-order valence-electron chi connectivity index (χ4n) is 10.0. The molecular weight excluding hydrogens is 964 g/mol. The van der Waals surface area contributed by atoms with Gasteiger partial charge in [-0.15, -0.1) is 17.5 Å². The fraction of sp³-hybridized carbons (Fsp3) is 0.246. The molecule has 0 fully saturated rings. The normalized spacial score (nSPS) is 12.2. The fourth-order valence-corrected chi connectivity index (χ4v) is 10.0. The summed E-state index contributed by atoms with van der Waals surface area (Å²) in [5.41, 5.74) is 20.3. The van der Waals surface area contributed by atoms with Gasteiger partial charge in [-0.2, -0.15) is 6.07 Å². The van der Waals surface area contributed by atoms with Gasteiger partial charge in [0.1, 0.15) is 11.5 Å². The number of hydrogen-bond acceptors (Lipinski definition) is 3. The quantitative estimate of drug-likeness (QED) is 0.161. The predicted octanol–water partition coefficient (Wildman–Crippen LogP) is 14.3. The van der Waals surface area contributed by atoms with Gasteiger partial charge >= 0.3 is 21.1 Å². The Bertz CT molecular complexity index is 3440. The molecule has 0 bridgehead atoms. The van der Waals surface area contributed by atoms with E-state index in [9.17, 15) is 0 Å². The second kappa shape index (κ2) is 15.6. The molecule has 5 aromatic heterocycles. The topological polar surface area (TPSA) is 62.6 Å². The van der Waals surface area contributed by atoms with Gasteiger partial charge in [0.25, 0.3) is 0 Å². The van der Waals surface area contributed by atoms with Crippen molar-refractivity contribution < 1.29 is 21.1 Å². The summed E-state index contributed by atoms with van der Waals surface area (Å²) in [4.78, 5) is 10.6. The maximum absolute atomic E-state index is 5.64. The standard InChI is InChI=1S/C57H54N6.Pt/c1-32-25-34(3)50(35(4)26-32)52-53(60-61-54(52)51-36(5)27-33(2)28-37(51)6)45-21-20-43-44-29-38(56(7,8)9)17-22-47(44)62(55(43)59-45)40-18-19-42-41-15-13-14-16-46(41)63(48(42)31-40)49-30-39(23-24-58-49)57(10,11)12;/h13-30H,1-12H3;/q-2;+2. The predicted molar refractivity (Wildman–Crippen MR) is 263 cm³/mol. The van der Waals surface area contributed by atoms with E-state index in [2.05, 4.69) is 201 Å². The molecule has 0 radical (unpaired) electrons. The smallest absolute Gasteiger partial charge is 0.573 e. The molecule has 5 heterocycles. The largest absolute Gasteiger partial charge is 2.00 e. The Kier molecular flexibility index (Phi) is 10.5. The number of hydrogen-bond donors (Lipinski definition) is 0. The molecule has 0 amide bonds. The van der Waals surface area contributed by atoms with Crippen molar-refractivity contribution in [3.8, 4) is 45.3 Å². The monoisotopic (exact) mass is 1020 g/mol. The third-order valence-corrected chi connectivity index (χ3v) is 12.9. The van der Waals surface area contributed by atoms with Crippen LogP contribution in [0.15, 0.2) is 109 Å². The molecule has 0 spiro atoms. The van der Waals surface area contributed by atoms with Gasteiger partial charge in [-0.3, -0.25) is 0 Å². The molecule has 322 valence electrons. The van der Waals surface area contributed by atoms with Crippen LogP contribution in [0.4, 0.5) is 0 Å². The van der Waals surface area contributed by atoms with Crippen molar-refractivity contribution >= 4 is 43.7 Å². The first-order valence-electron chi connectivity index (χ1n) is 22.1. The van der Waals surface area contributed by atoms with Gasteiger partial charge in [-0.1, -0.05) is 118 Å². The van der Waals surface area contributed by atoms with Crippen LogP contribution in [0.3, 0.4) is 0 Å². The molecule has 0 aliphatic heterocycles. The summed E-state index contributed by atoms with van der Waals surface area (Å²) in [6.45, 7) is 26.6. The SMILES string of the molecule is Cc1cc(C)c(-c2n[n-]c(-c3ccc4c5cc(C(C)(C)C)ccc5n(-c5[c-]c6c(cc5)c5ccccc5n6-c5cc(C(C)(C)C)ccn5)c4n3)c2-c2c(C)cc(C)cc2C)c(C)c1.[Pt+2]. The summed E-state index contributed by atoms with van der Waals surface area (Å²) in [7, 11) is 0. The van der Waals surface area contributed by atoms with E-state index in [1.54, 1.807) is 0 Å². The van der Waals surface area contributed by atoms with Crippen LogP contribution in [0.1, 0.15) is 86.1 Å². The molecule has 0 aliphatic rings. The molecule has 7 heteroatoms. The van der Waals surface area contributed by atoms with E-state index in [1.165, 1.54) is 44.5 Å². The van der Waals surface area contributed by atoms with Crippen LogP contribution in [0.2, 0.25) is 0 Å². The molecule has 6 nitrogen and oxygen atoms in total. The van der Waals surface area contributed by atoms with E-state index < -0.39 is 0 Å². The average Bonchev–Trinajstić information content (AvgIpc) is 3.89. The summed E-state index contributed by atoms with van der Waals surface area (Å²) in [6, 6.07) is 41.6. The van der Waals surface area contributed by atoms with Crippen LogP contribution in [0.25, 0.3) is 89.0 Å². The summed E-state index contributed by atoms with van der Waals surface area (Å²) in [5, 5.41) is 14.6. The third-order valence-electron chi connectivity index (χ3n) is 12.9. The van der Waals surface area contributed by atoms with Crippen molar-refractivity contribution in [1.29, 1.82) is 0 Å². The Morgan fingerprint density at radius 1 is 0.547 bits per heavy atom. The molecule has 5 aromatic carbocycles. The maximum atomic E-state index is 5.64. The number of aromatic nitrogens is 6. The molecule has 0 unspecified atom stereocenters. The Morgan fingerprint density at radius 2 is 1.16 bits per heavy atom. The van der Waals surface area contributed by atoms with E-state index >= 15 is 0 Å². The van der Waals surface area contributed by atoms with Crippen molar-refractivity contribution in [3.05, 3.63) is 160 Å². The van der Waals surface area contributed by atoms with Crippen molar-refractivity contribution in [2.75, 3.05) is 0 Å². The summed E-state index contributed by atoms with van der Waals surface area (Å²) in [5.74, 6) is 0.873. The van der Waals surface area contributed by atoms with Gasteiger partial charge in [0.05, 0.1) is 16.9 Å². The molecule has 0 N–H and O–H groups in total. The van der Waals surface area contributed by atoms with Crippen LogP contribution in [0.5, 0.6) is 0 Å². The van der Waals surface area contributed by atoms with Crippen LogP contribution >= 0.6 is 0 Å². The number of aryl methyl sites for hydroxylation is 6. The van der Waals surface area contributed by atoms with E-state index in [0.29, 0.717) is 0 Å². The molecule has 0 atom stereocenters. The van der Waals surface area contributed by atoms with Crippen molar-refractivity contribution in [2.45, 2.75) is 93.9 Å². The van der Waals surface area contributed by atoms with Crippen LogP contribution in [-0.4, -0.2) is 24.2 Å². The Balaban J connectivity index is 0.00000518. The second-order valence-corrected chi connectivity index (χ2v) is 19.8. The average molecular weight is 1020 g/mol. The Hall–Kier alpha value is -6.10. The number of nitrogens with zero attached hydrogens (tertiary/aromatic N) is 6. The zero-order chi connectivity index (χ0) is 44.3. The zero-order valence-corrected chi connectivity index (χ0v) is 41.2. The summed E-state index contributed by atoms with van der Waals surface area (Å²) in [6.07, 6.45) is 1.93. The van der Waals surface area contributed by atoms with E-state index in [0.717, 1.165) is 89.0 Å². The van der Waals surface area contributed by atoms with E-state index in [1.807, 2.05) is 6.20 Å². The van der Waals surface area contributed by atoms with Crippen LogP contribution in [-0.2, 0) is 31.9 Å². The number of benzene rings is 5. The van der Waals surface area contributed by atoms with Crippen molar-refractivity contribution in [3.63, 3.8) is 0 Å². The Morgan fingerprint density at radius 3 is 1.83 bits per heavy atom. The first kappa shape index (κ1) is 43.2. The number of pyridine rings is 2. The van der Waals surface area contributed by atoms with Gasteiger partial charge < -0.3 is 19.3 Å². The van der Waals surface area contributed by atoms with E-state index in [-0.39, 0.29) is 31.9 Å². The number of para-hydroxylation sites is 1. The third kappa shape index (κ3) is 7.02. The minimum Gasteiger partial charge on any atom is -0.573 e. The van der Waals surface area contributed by atoms with Gasteiger partial charge in [-0.25, -0.2) is 9.97 Å². The summed E-state index contributed by atoms with van der Waals surface area (Å²) < 4.78 is 4.55. The van der Waals surface area contributed by atoms with Crippen molar-refractivity contribution in [1.82, 2.24) is 29.3 Å². The Labute approximate surface area is 391 Å². The first-order chi connectivity index (χ1) is 30.0. The van der Waals surface area contributed by atoms with Gasteiger partial charge in [0.2, 0.25) is 0 Å². The van der Waals surface area contributed by atoms with Crippen molar-refractivity contribution in [2.24, 2.45) is 0 Å². The zero-order valence-electron chi connectivity index (χ0n) is 38.9. The molecule has 64 heavy (non-hydrogen) atoms. The second-order valence-electron chi connectivity index (χ2n) is 19.8. The van der Waals surface area contributed by atoms with Gasteiger partial charge in [-0.05, 0) is 145 Å². The molecule has 10 rings (SSSR count). The molecule has 10 aromatic rings. The number of rotatable bonds is 5. The van der Waals surface area contributed by atoms with Gasteiger partial charge in [0.15, 0.2) is 0 Å². The molecular formula is C57H54N6Pt. The first-order valence-corrected chi connectivity index (χ1v) is 22.1. The molecule has 0 saturated carbocycles. The van der Waals surface area contributed by atoms with Gasteiger partial charge in [0, 0.05) is 28.0 Å². The summed E-state index contributed by atoms with van der Waals surface area (Å²) >= 11 is 0. The maximum Gasteiger partial charge on any atom is 2.00 e. The molecule has 0 aliphatic carbocycles. The minimum atomic E-state index is -0.0390. The van der Waals surface area contributed by atoms with Crippen LogP contribution in [0, 0.1) is 47.6 Å². The number of fused-ring (bicyclic) bond motifs is 6. The van der Waals surface area contributed by atoms with E-state index in [4.69, 9.17) is 20.2 Å². The minimum absolute atomic E-state index is 0. The van der Waals surface area contributed by atoms with Crippen LogP contribution < -0.4 is 5.10 Å².